The van der Waals surface area contributed by atoms with Gasteiger partial charge in [0.05, 0.1) is 10.7 Å². The minimum Gasteiger partial charge on any atom is -0.504 e. The van der Waals surface area contributed by atoms with Crippen LogP contribution in [0.1, 0.15) is 84.4 Å². The summed E-state index contributed by atoms with van der Waals surface area (Å²) in [5.41, 5.74) is 2.17. The molecule has 2 aromatic rings. The van der Waals surface area contributed by atoms with Crippen LogP contribution >= 0.6 is 11.6 Å². The Balaban J connectivity index is 2.40. The zero-order chi connectivity index (χ0) is 25.1. The van der Waals surface area contributed by atoms with Gasteiger partial charge in [-0.15, -0.1) is 0 Å². The zero-order valence-electron chi connectivity index (χ0n) is 21.0. The molecule has 1 unspecified atom stereocenters. The minimum atomic E-state index is -0.830. The molecule has 182 valence electrons. The fourth-order valence-electron chi connectivity index (χ4n) is 3.47. The first-order valence-corrected chi connectivity index (χ1v) is 12.0. The molecule has 0 aliphatic carbocycles. The number of nitrogens with one attached hydrogen (secondary N) is 1. The van der Waals surface area contributed by atoms with Gasteiger partial charge in [0, 0.05) is 17.2 Å². The molecule has 0 saturated heterocycles. The Kier molecular flexibility index (Phi) is 8.45. The number of benzene rings is 2. The molecule has 0 bridgehead atoms. The highest BCUT2D eigenvalue weighted by Crippen LogP contribution is 2.40. The molecule has 33 heavy (non-hydrogen) atoms. The smallest absolute Gasteiger partial charge is 0.265 e. The molecular weight excluding hydrogens is 441 g/mol. The van der Waals surface area contributed by atoms with Crippen LogP contribution < -0.4 is 10.1 Å². The number of halogens is 2. The average molecular weight is 478 g/mol. The van der Waals surface area contributed by atoms with E-state index in [1.807, 2.05) is 13.0 Å². The second-order valence-corrected chi connectivity index (χ2v) is 10.3. The van der Waals surface area contributed by atoms with E-state index in [4.69, 9.17) is 16.3 Å². The first-order chi connectivity index (χ1) is 15.3. The quantitative estimate of drug-likeness (QED) is 0.364. The van der Waals surface area contributed by atoms with Crippen molar-refractivity contribution >= 4 is 23.2 Å². The normalized spacial score (nSPS) is 13.0. The number of phenols is 1. The van der Waals surface area contributed by atoms with Gasteiger partial charge in [0.1, 0.15) is 11.6 Å². The summed E-state index contributed by atoms with van der Waals surface area (Å²) in [6.07, 6.45) is 1.46. The molecule has 1 atom stereocenters. The number of amides is 1. The third-order valence-electron chi connectivity index (χ3n) is 6.87. The predicted molar refractivity (Wildman–Crippen MR) is 134 cm³/mol. The number of phenolic OH excluding ortho intramolecular Hbond substituents is 1. The van der Waals surface area contributed by atoms with Crippen LogP contribution in [0.15, 0.2) is 24.3 Å². The number of rotatable bonds is 9. The number of anilines is 1. The van der Waals surface area contributed by atoms with Crippen molar-refractivity contribution in [3.8, 4) is 11.5 Å². The standard InChI is InChI=1S/C27H37ClFNO3/c1-9-21(25(32)30-20-15-19(29)16(4)23(28)24(20)31)33-22-13-12-17(26(5,6)10-2)14-18(22)27(7,8)11-3/h12-15,21,31H,9-11H2,1-8H3,(H,30,32). The second kappa shape index (κ2) is 10.3. The summed E-state index contributed by atoms with van der Waals surface area (Å²) in [7, 11) is 0. The van der Waals surface area contributed by atoms with E-state index in [1.165, 1.54) is 12.5 Å². The molecule has 0 fully saturated rings. The van der Waals surface area contributed by atoms with Gasteiger partial charge >= 0.3 is 0 Å². The average Bonchev–Trinajstić information content (AvgIpc) is 2.79. The van der Waals surface area contributed by atoms with Crippen molar-refractivity contribution in [3.63, 3.8) is 0 Å². The van der Waals surface area contributed by atoms with Crippen LogP contribution in [0, 0.1) is 12.7 Å². The van der Waals surface area contributed by atoms with Crippen molar-refractivity contribution in [2.45, 2.75) is 91.6 Å². The number of ether oxygens (including phenoxy) is 1. The first-order valence-electron chi connectivity index (χ1n) is 11.6. The topological polar surface area (TPSA) is 58.6 Å². The monoisotopic (exact) mass is 477 g/mol. The van der Waals surface area contributed by atoms with Crippen molar-refractivity contribution in [3.05, 3.63) is 51.8 Å². The molecule has 1 amide bonds. The Morgan fingerprint density at radius 2 is 1.73 bits per heavy atom. The van der Waals surface area contributed by atoms with Gasteiger partial charge in [0.25, 0.3) is 5.91 Å². The van der Waals surface area contributed by atoms with Gasteiger partial charge in [-0.3, -0.25) is 4.79 Å². The molecule has 0 aliphatic rings. The van der Waals surface area contributed by atoms with Crippen LogP contribution in [0.25, 0.3) is 0 Å². The van der Waals surface area contributed by atoms with E-state index in [9.17, 15) is 14.3 Å². The van der Waals surface area contributed by atoms with Crippen LogP contribution in [-0.4, -0.2) is 17.1 Å². The van der Waals surface area contributed by atoms with E-state index in [-0.39, 0.29) is 32.9 Å². The maximum atomic E-state index is 14.1. The molecule has 0 aliphatic heterocycles. The van der Waals surface area contributed by atoms with Crippen LogP contribution in [-0.2, 0) is 15.6 Å². The fourth-order valence-corrected chi connectivity index (χ4v) is 3.66. The van der Waals surface area contributed by atoms with Crippen molar-refractivity contribution in [1.29, 1.82) is 0 Å². The van der Waals surface area contributed by atoms with E-state index in [1.54, 1.807) is 0 Å². The van der Waals surface area contributed by atoms with E-state index in [0.717, 1.165) is 24.5 Å². The maximum Gasteiger partial charge on any atom is 0.265 e. The number of aromatic hydroxyl groups is 1. The molecular formula is C27H37ClFNO3. The molecule has 0 heterocycles. The van der Waals surface area contributed by atoms with Gasteiger partial charge in [0.15, 0.2) is 11.9 Å². The van der Waals surface area contributed by atoms with E-state index in [2.05, 4.69) is 59.0 Å². The Hall–Kier alpha value is -2.27. The SMILES string of the molecule is CCC(Oc1ccc(C(C)(C)CC)cc1C(C)(C)CC)C(=O)Nc1cc(F)c(C)c(Cl)c1O. The van der Waals surface area contributed by atoms with Gasteiger partial charge in [-0.25, -0.2) is 4.39 Å². The van der Waals surface area contributed by atoms with Crippen molar-refractivity contribution < 1.29 is 19.0 Å². The lowest BCUT2D eigenvalue weighted by molar-refractivity contribution is -0.122. The summed E-state index contributed by atoms with van der Waals surface area (Å²) >= 11 is 5.99. The largest absolute Gasteiger partial charge is 0.504 e. The summed E-state index contributed by atoms with van der Waals surface area (Å²) in [5.74, 6) is -0.803. The lowest BCUT2D eigenvalue weighted by Gasteiger charge is -2.31. The van der Waals surface area contributed by atoms with Crippen LogP contribution in [0.5, 0.6) is 11.5 Å². The molecule has 4 nitrogen and oxygen atoms in total. The van der Waals surface area contributed by atoms with Crippen LogP contribution in [0.4, 0.5) is 10.1 Å². The van der Waals surface area contributed by atoms with Crippen LogP contribution in [0.3, 0.4) is 0 Å². The minimum absolute atomic E-state index is 0.0188. The summed E-state index contributed by atoms with van der Waals surface area (Å²) in [4.78, 5) is 13.0. The van der Waals surface area contributed by atoms with Gasteiger partial charge in [-0.1, -0.05) is 72.2 Å². The van der Waals surface area contributed by atoms with Gasteiger partial charge in [-0.05, 0) is 48.6 Å². The summed E-state index contributed by atoms with van der Waals surface area (Å²) < 4.78 is 20.3. The van der Waals surface area contributed by atoms with Gasteiger partial charge in [0.2, 0.25) is 0 Å². The molecule has 0 aromatic heterocycles. The van der Waals surface area contributed by atoms with Gasteiger partial charge < -0.3 is 15.2 Å². The molecule has 0 saturated carbocycles. The molecule has 0 radical (unpaired) electrons. The second-order valence-electron chi connectivity index (χ2n) is 9.88. The molecule has 0 spiro atoms. The molecule has 2 aromatic carbocycles. The molecule has 2 N–H and O–H groups in total. The van der Waals surface area contributed by atoms with Crippen molar-refractivity contribution in [2.24, 2.45) is 0 Å². The number of hydrogen-bond donors (Lipinski definition) is 2. The van der Waals surface area contributed by atoms with Crippen molar-refractivity contribution in [1.82, 2.24) is 0 Å². The lowest BCUT2D eigenvalue weighted by atomic mass is 9.76. The number of carbonyl (C=O) groups is 1. The Morgan fingerprint density at radius 3 is 2.27 bits per heavy atom. The van der Waals surface area contributed by atoms with Crippen LogP contribution in [0.2, 0.25) is 5.02 Å². The summed E-state index contributed by atoms with van der Waals surface area (Å²) in [5, 5.41) is 12.7. The molecule has 2 rings (SSSR count). The van der Waals surface area contributed by atoms with Gasteiger partial charge in [-0.2, -0.15) is 0 Å². The molecule has 6 heteroatoms. The van der Waals surface area contributed by atoms with E-state index >= 15 is 0 Å². The third-order valence-corrected chi connectivity index (χ3v) is 7.33. The summed E-state index contributed by atoms with van der Waals surface area (Å²) in [6.45, 7) is 16.3. The predicted octanol–water partition coefficient (Wildman–Crippen LogP) is 7.66. The Labute approximate surface area is 202 Å². The highest BCUT2D eigenvalue weighted by molar-refractivity contribution is 6.33. The Morgan fingerprint density at radius 1 is 1.12 bits per heavy atom. The van der Waals surface area contributed by atoms with E-state index < -0.39 is 17.8 Å². The Bertz CT molecular complexity index is 1020. The zero-order valence-corrected chi connectivity index (χ0v) is 21.8. The lowest BCUT2D eigenvalue weighted by Crippen LogP contribution is -2.33. The maximum absolute atomic E-state index is 14.1. The third kappa shape index (κ3) is 5.81. The fraction of sp³-hybridized carbons (Fsp3) is 0.519. The number of hydrogen-bond acceptors (Lipinski definition) is 3. The van der Waals surface area contributed by atoms with Crippen molar-refractivity contribution in [2.75, 3.05) is 5.32 Å². The first kappa shape index (κ1) is 27.0. The highest BCUT2D eigenvalue weighted by Gasteiger charge is 2.29. The highest BCUT2D eigenvalue weighted by atomic mass is 35.5. The summed E-state index contributed by atoms with van der Waals surface area (Å²) in [6, 6.07) is 7.25. The van der Waals surface area contributed by atoms with E-state index in [0.29, 0.717) is 12.2 Å². The number of carbonyl (C=O) groups excluding carboxylic acids is 1.